The summed E-state index contributed by atoms with van der Waals surface area (Å²) in [6.45, 7) is 1.79. The molecular weight excluding hydrogens is 306 g/mol. The largest absolute Gasteiger partial charge is 0.441 e. The molecule has 3 aromatic heterocycles. The van der Waals surface area contributed by atoms with E-state index in [1.54, 1.807) is 43.0 Å². The van der Waals surface area contributed by atoms with Crippen LogP contribution in [0.2, 0.25) is 0 Å². The van der Waals surface area contributed by atoms with Gasteiger partial charge in [0, 0.05) is 32.1 Å². The number of hydrogen-bond donors (Lipinski definition) is 1. The van der Waals surface area contributed by atoms with Crippen LogP contribution in [0.15, 0.2) is 53.3 Å². The van der Waals surface area contributed by atoms with E-state index in [1.165, 1.54) is 0 Å². The van der Waals surface area contributed by atoms with Gasteiger partial charge in [-0.05, 0) is 30.3 Å². The Morgan fingerprint density at radius 3 is 2.83 bits per heavy atom. The summed E-state index contributed by atoms with van der Waals surface area (Å²) >= 11 is 0. The molecule has 0 saturated heterocycles. The first-order chi connectivity index (χ1) is 11.6. The first-order valence-corrected chi connectivity index (χ1v) is 7.46. The molecule has 0 saturated carbocycles. The number of carbonyl (C=O) groups excluding carboxylic acids is 1. The molecule has 7 nitrogen and oxygen atoms in total. The number of aromatic nitrogens is 4. The van der Waals surface area contributed by atoms with Gasteiger partial charge in [-0.1, -0.05) is 0 Å². The van der Waals surface area contributed by atoms with E-state index in [-0.39, 0.29) is 5.91 Å². The van der Waals surface area contributed by atoms with Gasteiger partial charge in [-0.25, -0.2) is 4.98 Å². The third kappa shape index (κ3) is 2.36. The van der Waals surface area contributed by atoms with Crippen molar-refractivity contribution in [2.24, 2.45) is 7.05 Å². The van der Waals surface area contributed by atoms with Crippen molar-refractivity contribution in [2.75, 3.05) is 5.32 Å². The fourth-order valence-electron chi connectivity index (χ4n) is 2.69. The van der Waals surface area contributed by atoms with Gasteiger partial charge in [-0.3, -0.25) is 9.48 Å². The van der Waals surface area contributed by atoms with Crippen LogP contribution in [-0.4, -0.2) is 25.2 Å². The van der Waals surface area contributed by atoms with Crippen LogP contribution in [-0.2, 0) is 7.05 Å². The van der Waals surface area contributed by atoms with E-state index in [9.17, 15) is 4.79 Å². The second-order valence-corrected chi connectivity index (χ2v) is 5.47. The van der Waals surface area contributed by atoms with Crippen molar-refractivity contribution >= 4 is 22.7 Å². The number of rotatable bonds is 3. The quantitative estimate of drug-likeness (QED) is 0.629. The molecular formula is C17H15N5O2. The van der Waals surface area contributed by atoms with Gasteiger partial charge in [0.2, 0.25) is 0 Å². The maximum absolute atomic E-state index is 12.7. The molecule has 7 heteroatoms. The zero-order valence-electron chi connectivity index (χ0n) is 13.2. The lowest BCUT2D eigenvalue weighted by Crippen LogP contribution is -2.14. The third-order valence-electron chi connectivity index (χ3n) is 3.75. The van der Waals surface area contributed by atoms with Crippen LogP contribution in [0.5, 0.6) is 0 Å². The van der Waals surface area contributed by atoms with Crippen molar-refractivity contribution in [1.29, 1.82) is 0 Å². The summed E-state index contributed by atoms with van der Waals surface area (Å²) in [6.07, 6.45) is 5.31. The summed E-state index contributed by atoms with van der Waals surface area (Å²) in [6, 6.07) is 9.16. The number of nitrogens with zero attached hydrogens (tertiary/aromatic N) is 4. The number of oxazole rings is 1. The van der Waals surface area contributed by atoms with Gasteiger partial charge in [0.05, 0.1) is 6.20 Å². The third-order valence-corrected chi connectivity index (χ3v) is 3.75. The standard InChI is InChI=1S/C17H15N5O2/c1-11-19-14-9-12(5-6-15(14)24-11)20-16(23)13-10-18-21(2)17(13)22-7-3-4-8-22/h3-10H,1-2H3,(H,20,23). The van der Waals surface area contributed by atoms with Crippen molar-refractivity contribution in [3.63, 3.8) is 0 Å². The van der Waals surface area contributed by atoms with E-state index >= 15 is 0 Å². The normalized spacial score (nSPS) is 11.1. The summed E-state index contributed by atoms with van der Waals surface area (Å²) in [7, 11) is 1.80. The van der Waals surface area contributed by atoms with E-state index in [2.05, 4.69) is 15.4 Å². The predicted octanol–water partition coefficient (Wildman–Crippen LogP) is 2.91. The molecule has 0 atom stereocenters. The highest BCUT2D eigenvalue weighted by molar-refractivity contribution is 6.06. The summed E-state index contributed by atoms with van der Waals surface area (Å²) in [5, 5.41) is 7.08. The molecule has 0 radical (unpaired) electrons. The summed E-state index contributed by atoms with van der Waals surface area (Å²) in [5.41, 5.74) is 2.55. The lowest BCUT2D eigenvalue weighted by molar-refractivity contribution is 0.102. The van der Waals surface area contributed by atoms with Crippen LogP contribution in [0.25, 0.3) is 16.9 Å². The van der Waals surface area contributed by atoms with Gasteiger partial charge < -0.3 is 14.3 Å². The van der Waals surface area contributed by atoms with Crippen molar-refractivity contribution in [3.05, 3.63) is 60.4 Å². The minimum Gasteiger partial charge on any atom is -0.441 e. The fourth-order valence-corrected chi connectivity index (χ4v) is 2.69. The van der Waals surface area contributed by atoms with Crippen LogP contribution in [0, 0.1) is 6.92 Å². The molecule has 24 heavy (non-hydrogen) atoms. The monoisotopic (exact) mass is 321 g/mol. The number of amides is 1. The molecule has 4 aromatic rings. The molecule has 0 aliphatic heterocycles. The number of benzene rings is 1. The maximum atomic E-state index is 12.7. The van der Waals surface area contributed by atoms with Crippen LogP contribution >= 0.6 is 0 Å². The molecule has 0 bridgehead atoms. The van der Waals surface area contributed by atoms with Gasteiger partial charge in [0.15, 0.2) is 11.5 Å². The Hall–Kier alpha value is -3.35. The van der Waals surface area contributed by atoms with Crippen molar-refractivity contribution in [2.45, 2.75) is 6.92 Å². The Kier molecular flexibility index (Phi) is 3.19. The lowest BCUT2D eigenvalue weighted by Gasteiger charge is -2.08. The Labute approximate surface area is 137 Å². The number of carbonyl (C=O) groups is 1. The molecule has 1 aromatic carbocycles. The predicted molar refractivity (Wildman–Crippen MR) is 89.2 cm³/mol. The first kappa shape index (κ1) is 14.3. The number of anilines is 1. The highest BCUT2D eigenvalue weighted by Gasteiger charge is 2.17. The minimum atomic E-state index is -0.230. The summed E-state index contributed by atoms with van der Waals surface area (Å²) < 4.78 is 8.96. The molecule has 0 spiro atoms. The molecule has 4 rings (SSSR count). The van der Waals surface area contributed by atoms with Crippen LogP contribution < -0.4 is 5.32 Å². The van der Waals surface area contributed by atoms with Gasteiger partial charge >= 0.3 is 0 Å². The molecule has 120 valence electrons. The lowest BCUT2D eigenvalue weighted by atomic mass is 10.2. The van der Waals surface area contributed by atoms with Crippen molar-refractivity contribution < 1.29 is 9.21 Å². The van der Waals surface area contributed by atoms with Crippen molar-refractivity contribution in [3.8, 4) is 5.82 Å². The van der Waals surface area contributed by atoms with Gasteiger partial charge in [-0.2, -0.15) is 5.10 Å². The molecule has 0 aliphatic rings. The second-order valence-electron chi connectivity index (χ2n) is 5.47. The van der Waals surface area contributed by atoms with Gasteiger partial charge in [0.25, 0.3) is 5.91 Å². The molecule has 1 N–H and O–H groups in total. The fraction of sp³-hybridized carbons (Fsp3) is 0.118. The molecule has 0 fully saturated rings. The number of nitrogens with one attached hydrogen (secondary N) is 1. The Morgan fingerprint density at radius 2 is 2.04 bits per heavy atom. The highest BCUT2D eigenvalue weighted by Crippen LogP contribution is 2.21. The number of aryl methyl sites for hydroxylation is 2. The Morgan fingerprint density at radius 1 is 1.25 bits per heavy atom. The summed E-state index contributed by atoms with van der Waals surface area (Å²) in [4.78, 5) is 16.9. The van der Waals surface area contributed by atoms with E-state index in [0.717, 1.165) is 0 Å². The van der Waals surface area contributed by atoms with Crippen LogP contribution in [0.3, 0.4) is 0 Å². The minimum absolute atomic E-state index is 0.230. The zero-order chi connectivity index (χ0) is 16.7. The van der Waals surface area contributed by atoms with E-state index in [0.29, 0.717) is 34.1 Å². The molecule has 3 heterocycles. The van der Waals surface area contributed by atoms with Crippen molar-refractivity contribution in [1.82, 2.24) is 19.3 Å². The van der Waals surface area contributed by atoms with E-state index in [4.69, 9.17) is 4.42 Å². The topological polar surface area (TPSA) is 77.9 Å². The SMILES string of the molecule is Cc1nc2cc(NC(=O)c3cnn(C)c3-n3cccc3)ccc2o1. The van der Waals surface area contributed by atoms with Crippen LogP contribution in [0.1, 0.15) is 16.2 Å². The van der Waals surface area contributed by atoms with E-state index in [1.807, 2.05) is 29.1 Å². The molecule has 1 amide bonds. The first-order valence-electron chi connectivity index (χ1n) is 7.46. The Bertz CT molecular complexity index is 1030. The zero-order valence-corrected chi connectivity index (χ0v) is 13.2. The maximum Gasteiger partial charge on any atom is 0.261 e. The summed E-state index contributed by atoms with van der Waals surface area (Å²) in [5.74, 6) is 1.07. The average Bonchev–Trinajstić information content (AvgIpc) is 3.25. The second kappa shape index (κ2) is 5.38. The van der Waals surface area contributed by atoms with E-state index < -0.39 is 0 Å². The van der Waals surface area contributed by atoms with Gasteiger partial charge in [0.1, 0.15) is 16.9 Å². The van der Waals surface area contributed by atoms with Gasteiger partial charge in [-0.15, -0.1) is 0 Å². The number of fused-ring (bicyclic) bond motifs is 1. The molecule has 0 unspecified atom stereocenters. The Balaban J connectivity index is 1.66. The number of hydrogen-bond acceptors (Lipinski definition) is 4. The average molecular weight is 321 g/mol. The highest BCUT2D eigenvalue weighted by atomic mass is 16.3. The molecule has 0 aliphatic carbocycles. The van der Waals surface area contributed by atoms with Crippen LogP contribution in [0.4, 0.5) is 5.69 Å². The smallest absolute Gasteiger partial charge is 0.261 e.